The van der Waals surface area contributed by atoms with E-state index in [1.165, 1.54) is 7.11 Å². The third kappa shape index (κ3) is 7.44. The average molecular weight is 742 g/mol. The van der Waals surface area contributed by atoms with Gasteiger partial charge in [-0.2, -0.15) is 0 Å². The smallest absolute Gasteiger partial charge is 0.342 e. The molecule has 0 amide bonds. The van der Waals surface area contributed by atoms with Crippen LogP contribution in [0.25, 0.3) is 17.5 Å². The number of aliphatic carboxylic acids is 1. The Morgan fingerprint density at radius 3 is 2.33 bits per heavy atom. The van der Waals surface area contributed by atoms with Crippen molar-refractivity contribution in [3.05, 3.63) is 78.2 Å². The van der Waals surface area contributed by atoms with Crippen molar-refractivity contribution in [1.29, 1.82) is 0 Å². The van der Waals surface area contributed by atoms with Crippen LogP contribution in [0.15, 0.2) is 58.6 Å². The van der Waals surface area contributed by atoms with Crippen molar-refractivity contribution in [3.8, 4) is 34.4 Å². The van der Waals surface area contributed by atoms with E-state index in [1.54, 1.807) is 50.6 Å². The van der Waals surface area contributed by atoms with Crippen molar-refractivity contribution in [2.24, 2.45) is 0 Å². The Labute approximate surface area is 270 Å². The molecule has 3 aromatic carbocycles. The van der Waals surface area contributed by atoms with E-state index in [0.717, 1.165) is 26.5 Å². The molecule has 0 aliphatic heterocycles. The van der Waals surface area contributed by atoms with E-state index >= 15 is 0 Å². The monoisotopic (exact) mass is 741 g/mol. The van der Waals surface area contributed by atoms with Crippen LogP contribution in [0.5, 0.6) is 23.0 Å². The van der Waals surface area contributed by atoms with Crippen LogP contribution >= 0.6 is 57.6 Å². The van der Waals surface area contributed by atoms with Gasteiger partial charge in [-0.05, 0) is 89.3 Å². The van der Waals surface area contributed by atoms with Gasteiger partial charge in [0.25, 0.3) is 0 Å². The molecule has 0 aliphatic rings. The fourth-order valence-electron chi connectivity index (χ4n) is 3.94. The molecule has 0 saturated carbocycles. The van der Waals surface area contributed by atoms with E-state index in [0.29, 0.717) is 56.1 Å². The number of methoxy groups -OCH3 is 3. The molecule has 0 spiro atoms. The summed E-state index contributed by atoms with van der Waals surface area (Å²) in [5.41, 5.74) is 2.10. The van der Waals surface area contributed by atoms with Gasteiger partial charge in [0.1, 0.15) is 23.0 Å². The van der Waals surface area contributed by atoms with E-state index in [4.69, 9.17) is 42.1 Å². The average Bonchev–Trinajstić information content (AvgIpc) is 3.38. The third-order valence-corrected chi connectivity index (χ3v) is 8.38. The van der Waals surface area contributed by atoms with E-state index in [9.17, 15) is 9.90 Å². The Bertz CT molecular complexity index is 1620. The maximum atomic E-state index is 12.3. The number of hydrogen-bond acceptors (Lipinski definition) is 8. The molecule has 42 heavy (non-hydrogen) atoms. The van der Waals surface area contributed by atoms with Crippen LogP contribution in [0, 0.1) is 3.57 Å². The number of rotatable bonds is 12. The Balaban J connectivity index is 1.63. The number of hydrogen-bond donors (Lipinski definition) is 1. The van der Waals surface area contributed by atoms with E-state index in [-0.39, 0.29) is 11.5 Å². The molecule has 0 unspecified atom stereocenters. The summed E-state index contributed by atoms with van der Waals surface area (Å²) < 4.78 is 24.9. The fraction of sp³-hybridized carbons (Fsp3) is 0.207. The first-order chi connectivity index (χ1) is 20.2. The molecule has 1 N–H and O–H groups in total. The zero-order valence-electron chi connectivity index (χ0n) is 23.0. The topological polar surface area (TPSA) is 105 Å². The van der Waals surface area contributed by atoms with Gasteiger partial charge in [-0.3, -0.25) is 0 Å². The lowest BCUT2D eigenvalue weighted by Crippen LogP contribution is -2.03. The number of carbonyl (C=O) groups is 1. The van der Waals surface area contributed by atoms with Crippen LogP contribution < -0.4 is 18.9 Å². The van der Waals surface area contributed by atoms with Crippen LogP contribution in [0.4, 0.5) is 0 Å². The second-order valence-electron chi connectivity index (χ2n) is 8.63. The third-order valence-electron chi connectivity index (χ3n) is 5.99. The number of halogens is 3. The molecule has 9 nitrogen and oxygen atoms in total. The number of carboxylic acid groups (broad SMARTS) is 1. The first-order valence-corrected chi connectivity index (χ1v) is 15.1. The van der Waals surface area contributed by atoms with Gasteiger partial charge < -0.3 is 28.6 Å². The van der Waals surface area contributed by atoms with Gasteiger partial charge in [-0.15, -0.1) is 10.2 Å². The summed E-state index contributed by atoms with van der Waals surface area (Å²) >= 11 is 15.4. The SMILES string of the molecule is CCn1c(S/C(=C\c2cc(I)c(OCc3ccc(Cl)cc3Cl)c(OC)c2)C(=O)O)nnc1-c1cc(OC)cc(OC)c1. The van der Waals surface area contributed by atoms with Gasteiger partial charge in [-0.1, -0.05) is 29.3 Å². The highest BCUT2D eigenvalue weighted by Crippen LogP contribution is 2.38. The predicted molar refractivity (Wildman–Crippen MR) is 172 cm³/mol. The van der Waals surface area contributed by atoms with Gasteiger partial charge in [0.05, 0.1) is 24.9 Å². The molecule has 0 aliphatic carbocycles. The molecule has 4 rings (SSSR count). The molecular formula is C29H26Cl2IN3O6S. The number of nitrogens with zero attached hydrogens (tertiary/aromatic N) is 3. The summed E-state index contributed by atoms with van der Waals surface area (Å²) in [6.07, 6.45) is 1.56. The summed E-state index contributed by atoms with van der Waals surface area (Å²) in [6.45, 7) is 2.64. The highest BCUT2D eigenvalue weighted by atomic mass is 127. The molecule has 0 radical (unpaired) electrons. The van der Waals surface area contributed by atoms with E-state index < -0.39 is 5.97 Å². The summed E-state index contributed by atoms with van der Waals surface area (Å²) in [7, 11) is 4.66. The zero-order chi connectivity index (χ0) is 30.4. The Morgan fingerprint density at radius 2 is 1.74 bits per heavy atom. The van der Waals surface area contributed by atoms with Crippen molar-refractivity contribution >= 4 is 69.6 Å². The highest BCUT2D eigenvalue weighted by Gasteiger charge is 2.20. The lowest BCUT2D eigenvalue weighted by Gasteiger charge is -2.15. The summed E-state index contributed by atoms with van der Waals surface area (Å²) in [4.78, 5) is 12.4. The summed E-state index contributed by atoms with van der Waals surface area (Å²) in [6, 6.07) is 14.1. The minimum absolute atomic E-state index is 0.0475. The summed E-state index contributed by atoms with van der Waals surface area (Å²) in [5, 5.41) is 20.2. The van der Waals surface area contributed by atoms with Crippen molar-refractivity contribution < 1.29 is 28.8 Å². The minimum atomic E-state index is -1.11. The number of thioether (sulfide) groups is 1. The van der Waals surface area contributed by atoms with Gasteiger partial charge in [0.2, 0.25) is 0 Å². The Morgan fingerprint density at radius 1 is 1.02 bits per heavy atom. The summed E-state index contributed by atoms with van der Waals surface area (Å²) in [5.74, 6) is 1.60. The largest absolute Gasteiger partial charge is 0.497 e. The fourth-order valence-corrected chi connectivity index (χ4v) is 6.07. The zero-order valence-corrected chi connectivity index (χ0v) is 27.5. The Hall–Kier alpha value is -3.13. The van der Waals surface area contributed by atoms with Gasteiger partial charge in [0.15, 0.2) is 22.5 Å². The molecule has 0 fully saturated rings. The highest BCUT2D eigenvalue weighted by molar-refractivity contribution is 14.1. The number of carboxylic acids is 1. The number of ether oxygens (including phenoxy) is 4. The van der Waals surface area contributed by atoms with Crippen LogP contribution in [0.1, 0.15) is 18.1 Å². The minimum Gasteiger partial charge on any atom is -0.497 e. The molecule has 13 heteroatoms. The second-order valence-corrected chi connectivity index (χ2v) is 11.6. The molecule has 220 valence electrons. The van der Waals surface area contributed by atoms with E-state index in [2.05, 4.69) is 32.8 Å². The van der Waals surface area contributed by atoms with Crippen LogP contribution in [0.2, 0.25) is 10.0 Å². The molecule has 1 heterocycles. The second kappa shape index (κ2) is 14.4. The predicted octanol–water partition coefficient (Wildman–Crippen LogP) is 7.70. The normalized spacial score (nSPS) is 11.4. The van der Waals surface area contributed by atoms with Crippen molar-refractivity contribution in [1.82, 2.24) is 14.8 Å². The number of aromatic nitrogens is 3. The van der Waals surface area contributed by atoms with Crippen molar-refractivity contribution in [3.63, 3.8) is 0 Å². The first kappa shape index (κ1) is 31.8. The van der Waals surface area contributed by atoms with Crippen molar-refractivity contribution in [2.45, 2.75) is 25.2 Å². The molecule has 1 aromatic heterocycles. The van der Waals surface area contributed by atoms with Crippen LogP contribution in [-0.4, -0.2) is 47.2 Å². The van der Waals surface area contributed by atoms with Gasteiger partial charge in [-0.25, -0.2) is 4.79 Å². The van der Waals surface area contributed by atoms with E-state index in [1.807, 2.05) is 29.7 Å². The first-order valence-electron chi connectivity index (χ1n) is 12.4. The van der Waals surface area contributed by atoms with Gasteiger partial charge in [0, 0.05) is 33.8 Å². The molecule has 0 saturated heterocycles. The lowest BCUT2D eigenvalue weighted by atomic mass is 10.2. The molecule has 4 aromatic rings. The van der Waals surface area contributed by atoms with Crippen LogP contribution in [0.3, 0.4) is 0 Å². The molecule has 0 atom stereocenters. The lowest BCUT2D eigenvalue weighted by molar-refractivity contribution is -0.131. The van der Waals surface area contributed by atoms with Crippen molar-refractivity contribution in [2.75, 3.05) is 21.3 Å². The quantitative estimate of drug-likeness (QED) is 0.0889. The standard InChI is InChI=1S/C29H26Cl2IN3O6S/c1-5-35-27(18-11-20(38-2)14-21(12-18)39-3)33-34-29(35)42-25(28(36)37)10-16-8-23(32)26(24(9-16)40-4)41-15-17-6-7-19(30)13-22(17)31/h6-14H,5,15H2,1-4H3,(H,36,37)/b25-10-. The number of benzene rings is 3. The van der Waals surface area contributed by atoms with Crippen LogP contribution in [-0.2, 0) is 17.9 Å². The maximum absolute atomic E-state index is 12.3. The molecule has 0 bridgehead atoms. The van der Waals surface area contributed by atoms with Gasteiger partial charge >= 0.3 is 5.97 Å². The maximum Gasteiger partial charge on any atom is 0.342 e. The molecular weight excluding hydrogens is 716 g/mol. The Kier molecular flexibility index (Phi) is 10.9.